The topological polar surface area (TPSA) is 104 Å². The zero-order valence-electron chi connectivity index (χ0n) is 17.8. The Hall–Kier alpha value is -2.86. The minimum absolute atomic E-state index is 0.0729. The Kier molecular flexibility index (Phi) is 6.72. The van der Waals surface area contributed by atoms with Crippen LogP contribution in [0.15, 0.2) is 34.9 Å². The normalized spacial score (nSPS) is 20.8. The zero-order chi connectivity index (χ0) is 24.5. The number of carbonyl (C=O) groups is 1. The number of rotatable bonds is 6. The highest BCUT2D eigenvalue weighted by molar-refractivity contribution is 7.85. The van der Waals surface area contributed by atoms with Crippen molar-refractivity contribution in [3.63, 3.8) is 0 Å². The van der Waals surface area contributed by atoms with Crippen LogP contribution in [-0.4, -0.2) is 49.9 Å². The molecule has 2 aromatic heterocycles. The van der Waals surface area contributed by atoms with Crippen molar-refractivity contribution in [1.29, 1.82) is 0 Å². The average Bonchev–Trinajstić information content (AvgIpc) is 3.19. The van der Waals surface area contributed by atoms with E-state index in [2.05, 4.69) is 15.3 Å². The maximum absolute atomic E-state index is 12.7. The molecule has 0 unspecified atom stereocenters. The van der Waals surface area contributed by atoms with Crippen LogP contribution in [0.4, 0.5) is 13.2 Å². The summed E-state index contributed by atoms with van der Waals surface area (Å²) in [4.78, 5) is 20.7. The number of ether oxygens (including phenoxy) is 2. The van der Waals surface area contributed by atoms with Gasteiger partial charge in [-0.15, -0.1) is 0 Å². The van der Waals surface area contributed by atoms with Crippen LogP contribution in [-0.2, 0) is 10.8 Å². The largest absolute Gasteiger partial charge is 0.478 e. The third-order valence-corrected chi connectivity index (χ3v) is 6.65. The number of hydrogen-bond donors (Lipinski definition) is 1. The smallest absolute Gasteiger partial charge is 0.422 e. The summed E-state index contributed by atoms with van der Waals surface area (Å²) >= 11 is 5.81. The SMILES string of the molecule is CC1(NC(=O)c2nc3ccc(Oc4ncc(Cl)cc4OCC(F)(F)F)cc3o2)CCS(=O)CC1. The summed E-state index contributed by atoms with van der Waals surface area (Å²) in [7, 11) is -0.869. The Bertz CT molecular complexity index is 1240. The monoisotopic (exact) mass is 517 g/mol. The molecule has 4 rings (SSSR count). The van der Waals surface area contributed by atoms with Crippen molar-refractivity contribution < 1.29 is 36.1 Å². The molecule has 8 nitrogen and oxygen atoms in total. The van der Waals surface area contributed by atoms with Gasteiger partial charge in [0, 0.05) is 46.2 Å². The van der Waals surface area contributed by atoms with Gasteiger partial charge in [0.1, 0.15) is 11.3 Å². The molecule has 1 aromatic carbocycles. The van der Waals surface area contributed by atoms with E-state index in [1.165, 1.54) is 24.4 Å². The Morgan fingerprint density at radius 1 is 1.29 bits per heavy atom. The third kappa shape index (κ3) is 5.98. The van der Waals surface area contributed by atoms with E-state index < -0.39 is 35.0 Å². The van der Waals surface area contributed by atoms with E-state index in [0.29, 0.717) is 29.9 Å². The van der Waals surface area contributed by atoms with E-state index in [-0.39, 0.29) is 33.9 Å². The Morgan fingerprint density at radius 3 is 2.74 bits per heavy atom. The van der Waals surface area contributed by atoms with E-state index >= 15 is 0 Å². The standard InChI is InChI=1S/C21H19ClF3N3O5S/c1-20(4-6-34(30)7-5-20)28-17(29)19-27-14-3-2-13(9-15(14)33-19)32-18-16(8-12(22)10-26-18)31-11-21(23,24)25/h2-3,8-10H,4-7,11H2,1H3,(H,28,29). The van der Waals surface area contributed by atoms with Gasteiger partial charge in [0.05, 0.1) is 5.02 Å². The highest BCUT2D eigenvalue weighted by Gasteiger charge is 2.33. The number of nitrogens with zero attached hydrogens (tertiary/aromatic N) is 2. The van der Waals surface area contributed by atoms with Crippen molar-refractivity contribution in [2.45, 2.75) is 31.5 Å². The van der Waals surface area contributed by atoms with Crippen LogP contribution in [0.25, 0.3) is 11.1 Å². The number of aromatic nitrogens is 2. The van der Waals surface area contributed by atoms with Gasteiger partial charge in [-0.3, -0.25) is 9.00 Å². The van der Waals surface area contributed by atoms with Crippen LogP contribution < -0.4 is 14.8 Å². The van der Waals surface area contributed by atoms with Crippen molar-refractivity contribution in [2.24, 2.45) is 0 Å². The van der Waals surface area contributed by atoms with Crippen molar-refractivity contribution in [3.8, 4) is 17.4 Å². The summed E-state index contributed by atoms with van der Waals surface area (Å²) in [6.07, 6.45) is -2.19. The van der Waals surface area contributed by atoms with Crippen LogP contribution >= 0.6 is 11.6 Å². The van der Waals surface area contributed by atoms with Crippen molar-refractivity contribution in [1.82, 2.24) is 15.3 Å². The molecule has 1 saturated heterocycles. The molecule has 182 valence electrons. The fraction of sp³-hybridized carbons (Fsp3) is 0.381. The second kappa shape index (κ2) is 9.41. The molecule has 1 fully saturated rings. The van der Waals surface area contributed by atoms with Gasteiger partial charge in [0.25, 0.3) is 11.8 Å². The summed E-state index contributed by atoms with van der Waals surface area (Å²) < 4.78 is 65.1. The number of alkyl halides is 3. The first kappa shape index (κ1) is 24.3. The minimum Gasteiger partial charge on any atom is -0.478 e. The maximum Gasteiger partial charge on any atom is 0.422 e. The van der Waals surface area contributed by atoms with E-state index in [4.69, 9.17) is 25.5 Å². The molecule has 0 radical (unpaired) electrons. The minimum atomic E-state index is -4.55. The zero-order valence-corrected chi connectivity index (χ0v) is 19.4. The number of nitrogens with one attached hydrogen (secondary N) is 1. The highest BCUT2D eigenvalue weighted by Crippen LogP contribution is 2.34. The first-order valence-corrected chi connectivity index (χ1v) is 12.0. The summed E-state index contributed by atoms with van der Waals surface area (Å²) in [6, 6.07) is 5.61. The lowest BCUT2D eigenvalue weighted by molar-refractivity contribution is -0.153. The summed E-state index contributed by atoms with van der Waals surface area (Å²) in [5.74, 6) is 0.0212. The maximum atomic E-state index is 12.7. The van der Waals surface area contributed by atoms with Gasteiger partial charge in [0.2, 0.25) is 0 Å². The molecule has 1 N–H and O–H groups in total. The summed E-state index contributed by atoms with van der Waals surface area (Å²) in [6.45, 7) is 0.341. The van der Waals surface area contributed by atoms with E-state index in [0.717, 1.165) is 6.07 Å². The molecule has 1 aliphatic rings. The molecule has 0 spiro atoms. The van der Waals surface area contributed by atoms with Crippen molar-refractivity contribution in [2.75, 3.05) is 18.1 Å². The summed E-state index contributed by atoms with van der Waals surface area (Å²) in [5.41, 5.74) is 0.0989. The van der Waals surface area contributed by atoms with E-state index in [9.17, 15) is 22.2 Å². The summed E-state index contributed by atoms with van der Waals surface area (Å²) in [5, 5.41) is 2.97. The number of halogens is 4. The van der Waals surface area contributed by atoms with Crippen molar-refractivity contribution in [3.05, 3.63) is 41.4 Å². The highest BCUT2D eigenvalue weighted by atomic mass is 35.5. The Morgan fingerprint density at radius 2 is 2.03 bits per heavy atom. The van der Waals surface area contributed by atoms with Gasteiger partial charge >= 0.3 is 12.1 Å². The van der Waals surface area contributed by atoms with Gasteiger partial charge in [0.15, 0.2) is 17.9 Å². The predicted octanol–water partition coefficient (Wildman–Crippen LogP) is 4.64. The molecule has 34 heavy (non-hydrogen) atoms. The van der Waals surface area contributed by atoms with Gasteiger partial charge in [-0.25, -0.2) is 9.97 Å². The number of fused-ring (bicyclic) bond motifs is 1. The molecular formula is C21H19ClF3N3O5S. The van der Waals surface area contributed by atoms with Gasteiger partial charge in [-0.05, 0) is 31.9 Å². The fourth-order valence-corrected chi connectivity index (χ4v) is 4.99. The number of oxazole rings is 1. The molecule has 0 atom stereocenters. The molecule has 0 aliphatic carbocycles. The molecule has 0 bridgehead atoms. The lowest BCUT2D eigenvalue weighted by Gasteiger charge is -2.33. The average molecular weight is 518 g/mol. The lowest BCUT2D eigenvalue weighted by atomic mass is 9.95. The van der Waals surface area contributed by atoms with Crippen LogP contribution in [0.2, 0.25) is 5.02 Å². The third-order valence-electron chi connectivity index (χ3n) is 5.12. The number of benzene rings is 1. The molecule has 3 heterocycles. The van der Waals surface area contributed by atoms with Gasteiger partial charge in [-0.1, -0.05) is 11.6 Å². The number of amides is 1. The van der Waals surface area contributed by atoms with E-state index in [1.807, 2.05) is 6.92 Å². The van der Waals surface area contributed by atoms with Crippen LogP contribution in [0.3, 0.4) is 0 Å². The van der Waals surface area contributed by atoms with E-state index in [1.54, 1.807) is 0 Å². The molecular weight excluding hydrogens is 499 g/mol. The first-order valence-electron chi connectivity index (χ1n) is 10.1. The molecule has 1 amide bonds. The van der Waals surface area contributed by atoms with Crippen LogP contribution in [0.5, 0.6) is 17.4 Å². The molecule has 1 aliphatic heterocycles. The molecule has 3 aromatic rings. The molecule has 13 heteroatoms. The first-order chi connectivity index (χ1) is 16.0. The fourth-order valence-electron chi connectivity index (χ4n) is 3.28. The second-order valence-corrected chi connectivity index (χ2v) is 10.1. The van der Waals surface area contributed by atoms with Crippen molar-refractivity contribution >= 4 is 39.4 Å². The molecule has 0 saturated carbocycles. The Balaban J connectivity index is 1.51. The number of hydrogen-bond acceptors (Lipinski definition) is 7. The number of carbonyl (C=O) groups excluding carboxylic acids is 1. The number of pyridine rings is 1. The quantitative estimate of drug-likeness (QED) is 0.508. The second-order valence-electron chi connectivity index (χ2n) is 7.97. The van der Waals surface area contributed by atoms with Gasteiger partial charge in [-0.2, -0.15) is 13.2 Å². The van der Waals surface area contributed by atoms with Crippen LogP contribution in [0.1, 0.15) is 30.5 Å². The van der Waals surface area contributed by atoms with Gasteiger partial charge < -0.3 is 19.2 Å². The van der Waals surface area contributed by atoms with Crippen LogP contribution in [0, 0.1) is 0 Å². The predicted molar refractivity (Wildman–Crippen MR) is 118 cm³/mol. The Labute approximate surface area is 199 Å². The lowest BCUT2D eigenvalue weighted by Crippen LogP contribution is -2.50.